The fourth-order valence-electron chi connectivity index (χ4n) is 19.7. The van der Waals surface area contributed by atoms with Gasteiger partial charge in [0.05, 0.1) is 0 Å². The van der Waals surface area contributed by atoms with Crippen LogP contribution in [0.15, 0.2) is 72.8 Å². The van der Waals surface area contributed by atoms with Crippen LogP contribution >= 0.6 is 0 Å². The number of hydrogen-bond donors (Lipinski definition) is 6. The van der Waals surface area contributed by atoms with Gasteiger partial charge in [-0.3, -0.25) is 0 Å². The molecule has 0 spiro atoms. The van der Waals surface area contributed by atoms with E-state index in [1.807, 2.05) is 24.3 Å². The normalized spacial score (nSPS) is 24.4. The van der Waals surface area contributed by atoms with Crippen LogP contribution in [-0.2, 0) is 10.8 Å². The summed E-state index contributed by atoms with van der Waals surface area (Å²) in [7, 11) is 0. The van der Waals surface area contributed by atoms with E-state index >= 15 is 0 Å². The van der Waals surface area contributed by atoms with E-state index in [1.165, 1.54) is 43.2 Å². The van der Waals surface area contributed by atoms with Crippen LogP contribution in [0.2, 0.25) is 0 Å². The van der Waals surface area contributed by atoms with E-state index in [9.17, 15) is 30.6 Å². The molecule has 4 bridgehead atoms. The summed E-state index contributed by atoms with van der Waals surface area (Å²) in [5.74, 6) is 3.71. The average Bonchev–Trinajstić information content (AvgIpc) is 0.811. The molecule has 8 aliphatic carbocycles. The molecule has 0 aromatic heterocycles. The van der Waals surface area contributed by atoms with Crippen LogP contribution in [0.25, 0.3) is 0 Å². The smallest absolute Gasteiger partial charge is 0.122 e. The number of phenolic OH excluding ortho intramolecular Hbond substituents is 6. The van der Waals surface area contributed by atoms with Gasteiger partial charge in [0, 0.05) is 23.0 Å². The summed E-state index contributed by atoms with van der Waals surface area (Å²) in [5.41, 5.74) is 18.6. The first-order chi connectivity index (χ1) is 40.5. The Labute approximate surface area is 502 Å². The maximum Gasteiger partial charge on any atom is 0.122 e. The molecule has 6 aromatic rings. The van der Waals surface area contributed by atoms with Gasteiger partial charge in [-0.15, -0.1) is 0 Å². The van der Waals surface area contributed by atoms with Crippen LogP contribution in [-0.4, -0.2) is 30.6 Å². The Morgan fingerprint density at radius 3 is 0.833 bits per heavy atom. The highest BCUT2D eigenvalue weighted by Crippen LogP contribution is 2.67. The van der Waals surface area contributed by atoms with Crippen LogP contribution in [0.3, 0.4) is 0 Å². The minimum absolute atomic E-state index is 0.146. The predicted molar refractivity (Wildman–Crippen MR) is 340 cm³/mol. The Bertz CT molecular complexity index is 3080. The zero-order valence-corrected chi connectivity index (χ0v) is 51.6. The minimum Gasteiger partial charge on any atom is -0.508 e. The maximum absolute atomic E-state index is 12.9. The molecular weight excluding hydrogens is 1030 g/mol. The molecule has 14 rings (SSSR count). The molecular formula is C78H96O6. The molecule has 444 valence electrons. The SMILES string of the molecule is Cc1cc(O)c(C2CCCCC2)cc1C(c1cc(C2CCCCC2)c(O)cc1C)c1cc(C23CC4CC(C2)CC(c2cc(C)c(O)c(C(c5cc(C6CCCCC6)c(O)cc5C)c5cc(C6CCCCC6)c(O)cc5C)c2)(C4)C3)cc(C)c1O. The number of benzene rings is 6. The summed E-state index contributed by atoms with van der Waals surface area (Å²) in [6.45, 7) is 12.8. The van der Waals surface area contributed by atoms with Gasteiger partial charge in [0.15, 0.2) is 0 Å². The van der Waals surface area contributed by atoms with E-state index in [0.717, 1.165) is 224 Å². The standard InChI is InChI=1S/C78H96O6/c1-45-29-69(79)63(53-19-11-7-12-20-53)36-59(45)73(60-37-64(70(80)30-46(60)2)54-21-13-8-14-22-54)67-34-57(27-49(5)75(67)83)77-40-51-33-52(41-77)43-78(42-51,44-77)58-28-50(6)76(84)68(35-58)74(61-38-65(71(81)31-47(61)3)55-23-15-9-16-24-55)62-39-66(72(82)32-48(62)4)56-25-17-10-18-26-56/h27-32,34-39,51-56,73-74,79-84H,7-26,33,40-44H2,1-6H3. The van der Waals surface area contributed by atoms with Crippen molar-refractivity contribution in [1.29, 1.82) is 0 Å². The van der Waals surface area contributed by atoms with Crippen LogP contribution in [0, 0.1) is 53.4 Å². The number of hydrogen-bond acceptors (Lipinski definition) is 6. The van der Waals surface area contributed by atoms with Gasteiger partial charge in [0.25, 0.3) is 0 Å². The van der Waals surface area contributed by atoms with Crippen molar-refractivity contribution in [2.45, 2.75) is 255 Å². The lowest BCUT2D eigenvalue weighted by atomic mass is 9.41. The lowest BCUT2D eigenvalue weighted by Gasteiger charge is -2.63. The number of aryl methyl sites for hydroxylation is 6. The van der Waals surface area contributed by atoms with Crippen LogP contribution in [0.4, 0.5) is 0 Å². The minimum atomic E-state index is -0.333. The Morgan fingerprint density at radius 2 is 0.571 bits per heavy atom. The highest BCUT2D eigenvalue weighted by Gasteiger charge is 2.59. The third kappa shape index (κ3) is 10.3. The van der Waals surface area contributed by atoms with E-state index in [2.05, 4.69) is 90.1 Å². The van der Waals surface area contributed by atoms with Crippen molar-refractivity contribution >= 4 is 0 Å². The Balaban J connectivity index is 0.961. The molecule has 6 N–H and O–H groups in total. The van der Waals surface area contributed by atoms with Gasteiger partial charge in [0.1, 0.15) is 34.5 Å². The molecule has 6 nitrogen and oxygen atoms in total. The van der Waals surface area contributed by atoms with Crippen molar-refractivity contribution in [1.82, 2.24) is 0 Å². The maximum atomic E-state index is 12.9. The summed E-state index contributed by atoms with van der Waals surface area (Å²) in [4.78, 5) is 0. The summed E-state index contributed by atoms with van der Waals surface area (Å²) >= 11 is 0. The van der Waals surface area contributed by atoms with Crippen LogP contribution in [0.5, 0.6) is 34.5 Å². The van der Waals surface area contributed by atoms with Crippen molar-refractivity contribution in [2.24, 2.45) is 11.8 Å². The number of aromatic hydroxyl groups is 6. The summed E-state index contributed by atoms with van der Waals surface area (Å²) < 4.78 is 0. The number of rotatable bonds is 12. The predicted octanol–water partition coefficient (Wildman–Crippen LogP) is 20.1. The molecule has 6 heteroatoms. The van der Waals surface area contributed by atoms with E-state index in [-0.39, 0.29) is 46.3 Å². The Morgan fingerprint density at radius 1 is 0.310 bits per heavy atom. The quantitative estimate of drug-likeness (QED) is 0.0679. The molecule has 0 radical (unpaired) electrons. The Hall–Kier alpha value is -5.88. The van der Waals surface area contributed by atoms with E-state index in [0.29, 0.717) is 46.3 Å². The second-order valence-corrected chi connectivity index (χ2v) is 29.3. The molecule has 0 heterocycles. The molecule has 8 saturated carbocycles. The van der Waals surface area contributed by atoms with Gasteiger partial charge in [0.2, 0.25) is 0 Å². The van der Waals surface area contributed by atoms with Gasteiger partial charge < -0.3 is 30.6 Å². The Kier molecular flexibility index (Phi) is 15.5. The zero-order valence-electron chi connectivity index (χ0n) is 51.6. The topological polar surface area (TPSA) is 121 Å². The largest absolute Gasteiger partial charge is 0.508 e. The van der Waals surface area contributed by atoms with Gasteiger partial charge in [-0.05, 0) is 291 Å². The molecule has 6 aromatic carbocycles. The second kappa shape index (κ2) is 22.8. The van der Waals surface area contributed by atoms with Gasteiger partial charge in [-0.2, -0.15) is 0 Å². The summed E-state index contributed by atoms with van der Waals surface area (Å²) in [6.07, 6.45) is 29.4. The van der Waals surface area contributed by atoms with E-state index in [1.54, 1.807) is 0 Å². The first kappa shape index (κ1) is 57.2. The molecule has 0 unspecified atom stereocenters. The van der Waals surface area contributed by atoms with Crippen molar-refractivity contribution in [3.8, 4) is 34.5 Å². The van der Waals surface area contributed by atoms with Crippen molar-refractivity contribution < 1.29 is 30.6 Å². The van der Waals surface area contributed by atoms with E-state index in [4.69, 9.17) is 0 Å². The van der Waals surface area contributed by atoms with Crippen molar-refractivity contribution in [3.05, 3.63) is 173 Å². The lowest BCUT2D eigenvalue weighted by molar-refractivity contribution is -0.0282. The van der Waals surface area contributed by atoms with Crippen LogP contribution < -0.4 is 0 Å². The molecule has 8 fully saturated rings. The second-order valence-electron chi connectivity index (χ2n) is 29.3. The van der Waals surface area contributed by atoms with Gasteiger partial charge >= 0.3 is 0 Å². The fourth-order valence-corrected chi connectivity index (χ4v) is 19.7. The van der Waals surface area contributed by atoms with Crippen LogP contribution in [0.1, 0.15) is 303 Å². The molecule has 0 amide bonds. The highest BCUT2D eigenvalue weighted by molar-refractivity contribution is 5.63. The molecule has 8 aliphatic rings. The molecule has 0 atom stereocenters. The first-order valence-corrected chi connectivity index (χ1v) is 33.5. The average molecular weight is 1130 g/mol. The van der Waals surface area contributed by atoms with Gasteiger partial charge in [-0.1, -0.05) is 126 Å². The van der Waals surface area contributed by atoms with E-state index < -0.39 is 0 Å². The first-order valence-electron chi connectivity index (χ1n) is 33.5. The summed E-state index contributed by atoms with van der Waals surface area (Å²) in [6, 6.07) is 26.7. The molecule has 84 heavy (non-hydrogen) atoms. The zero-order chi connectivity index (χ0) is 58.3. The highest BCUT2D eigenvalue weighted by atomic mass is 16.3. The van der Waals surface area contributed by atoms with Crippen molar-refractivity contribution in [3.63, 3.8) is 0 Å². The monoisotopic (exact) mass is 1130 g/mol. The molecule has 0 aliphatic heterocycles. The molecule has 0 saturated heterocycles. The van der Waals surface area contributed by atoms with Crippen molar-refractivity contribution in [2.75, 3.05) is 0 Å². The third-order valence-electron chi connectivity index (χ3n) is 23.7. The van der Waals surface area contributed by atoms with Gasteiger partial charge in [-0.25, -0.2) is 0 Å². The fraction of sp³-hybridized carbons (Fsp3) is 0.538. The third-order valence-corrected chi connectivity index (χ3v) is 23.7. The lowest BCUT2D eigenvalue weighted by Crippen LogP contribution is -2.56. The summed E-state index contributed by atoms with van der Waals surface area (Å²) in [5, 5.41) is 73.0. The number of phenols is 6.